The van der Waals surface area contributed by atoms with Crippen LogP contribution in [0.5, 0.6) is 0 Å². The molecule has 3 aromatic rings. The third-order valence-electron chi connectivity index (χ3n) is 6.50. The molecule has 1 heterocycles. The molecule has 0 saturated carbocycles. The number of nitriles is 1. The van der Waals surface area contributed by atoms with Crippen molar-refractivity contribution in [3.63, 3.8) is 0 Å². The van der Waals surface area contributed by atoms with Crippen molar-refractivity contribution in [3.05, 3.63) is 87.5 Å². The fraction of sp³-hybridized carbons (Fsp3) is 0.259. The number of aryl methyl sites for hydroxylation is 2. The topological polar surface area (TPSA) is 128 Å². The van der Waals surface area contributed by atoms with Crippen molar-refractivity contribution < 1.29 is 18.1 Å². The molecule has 0 bridgehead atoms. The highest BCUT2D eigenvalue weighted by Gasteiger charge is 2.34. The van der Waals surface area contributed by atoms with Crippen LogP contribution in [0.25, 0.3) is 0 Å². The van der Waals surface area contributed by atoms with E-state index in [9.17, 15) is 23.3 Å². The number of nitro benzene ring substituents is 1. The number of anilines is 1. The molecular weight excluding hydrogens is 538 g/mol. The maximum Gasteiger partial charge on any atom is 0.324 e. The van der Waals surface area contributed by atoms with Gasteiger partial charge in [-0.15, -0.1) is 0 Å². The van der Waals surface area contributed by atoms with E-state index in [2.05, 4.69) is 0 Å². The van der Waals surface area contributed by atoms with Crippen molar-refractivity contribution in [2.75, 3.05) is 38.1 Å². The molecule has 1 aliphatic rings. The Hall–Kier alpha value is -3.92. The lowest BCUT2D eigenvalue weighted by atomic mass is 10.2. The maximum absolute atomic E-state index is 13.8. The number of urea groups is 1. The second-order valence-electron chi connectivity index (χ2n) is 9.15. The monoisotopic (exact) mass is 565 g/mol. The average Bonchev–Trinajstić information content (AvgIpc) is 2.94. The number of carbonyl (C=O) groups is 1. The van der Waals surface area contributed by atoms with E-state index >= 15 is 0 Å². The summed E-state index contributed by atoms with van der Waals surface area (Å²) in [6.07, 6.45) is 0. The Morgan fingerprint density at radius 3 is 2.28 bits per heavy atom. The summed E-state index contributed by atoms with van der Waals surface area (Å²) in [4.78, 5) is 28.1. The Kier molecular flexibility index (Phi) is 8.25. The van der Waals surface area contributed by atoms with Crippen LogP contribution in [0.3, 0.4) is 0 Å². The molecule has 0 unspecified atom stereocenters. The maximum atomic E-state index is 13.8. The molecule has 1 aliphatic heterocycles. The summed E-state index contributed by atoms with van der Waals surface area (Å²) in [5.74, 6) is 0. The third-order valence-corrected chi connectivity index (χ3v) is 9.80. The van der Waals surface area contributed by atoms with Gasteiger partial charge in [0, 0.05) is 60.8 Å². The molecule has 2 amide bonds. The van der Waals surface area contributed by atoms with Gasteiger partial charge in [-0.1, -0.05) is 23.9 Å². The second kappa shape index (κ2) is 11.4. The third kappa shape index (κ3) is 6.06. The van der Waals surface area contributed by atoms with Gasteiger partial charge in [0.15, 0.2) is 0 Å². The van der Waals surface area contributed by atoms with Crippen LogP contribution in [-0.4, -0.2) is 61.8 Å². The van der Waals surface area contributed by atoms with Crippen molar-refractivity contribution in [2.45, 2.75) is 28.5 Å². The number of hydrogen-bond donors (Lipinski definition) is 0. The Morgan fingerprint density at radius 1 is 1.00 bits per heavy atom. The van der Waals surface area contributed by atoms with Gasteiger partial charge in [-0.3, -0.25) is 15.0 Å². The second-order valence-corrected chi connectivity index (χ2v) is 12.1. The van der Waals surface area contributed by atoms with E-state index in [-0.39, 0.29) is 42.8 Å². The number of benzene rings is 3. The fourth-order valence-corrected chi connectivity index (χ4v) is 7.13. The lowest BCUT2D eigenvalue weighted by Crippen LogP contribution is -2.53. The quantitative estimate of drug-likeness (QED) is 0.310. The van der Waals surface area contributed by atoms with Crippen LogP contribution in [0.15, 0.2) is 75.4 Å². The lowest BCUT2D eigenvalue weighted by Gasteiger charge is -2.36. The molecule has 1 saturated heterocycles. The minimum absolute atomic E-state index is 0.0472. The molecule has 39 heavy (non-hydrogen) atoms. The van der Waals surface area contributed by atoms with Crippen LogP contribution < -0.4 is 4.90 Å². The number of carbonyl (C=O) groups excluding carboxylic acids is 1. The zero-order valence-corrected chi connectivity index (χ0v) is 23.3. The highest BCUT2D eigenvalue weighted by atomic mass is 32.2. The first kappa shape index (κ1) is 28.1. The van der Waals surface area contributed by atoms with Gasteiger partial charge in [-0.05, 0) is 61.4 Å². The van der Waals surface area contributed by atoms with Crippen LogP contribution in [0.4, 0.5) is 16.2 Å². The van der Waals surface area contributed by atoms with Gasteiger partial charge in [0.2, 0.25) is 10.0 Å². The van der Waals surface area contributed by atoms with Crippen LogP contribution in [0, 0.1) is 35.3 Å². The number of sulfonamides is 1. The molecule has 4 rings (SSSR count). The van der Waals surface area contributed by atoms with Crippen molar-refractivity contribution in [1.29, 1.82) is 5.26 Å². The molecule has 202 valence electrons. The molecule has 0 spiro atoms. The van der Waals surface area contributed by atoms with Gasteiger partial charge < -0.3 is 4.90 Å². The molecule has 12 heteroatoms. The number of piperazine rings is 1. The van der Waals surface area contributed by atoms with Crippen molar-refractivity contribution in [1.82, 2.24) is 9.21 Å². The van der Waals surface area contributed by atoms with Crippen LogP contribution in [-0.2, 0) is 10.0 Å². The summed E-state index contributed by atoms with van der Waals surface area (Å²) < 4.78 is 28.8. The summed E-state index contributed by atoms with van der Waals surface area (Å²) in [6, 6.07) is 18.1. The normalized spacial score (nSPS) is 14.1. The van der Waals surface area contributed by atoms with Crippen molar-refractivity contribution >= 4 is 39.2 Å². The standard InChI is InChI=1S/C27H27N5O5S2/c1-19-4-5-20(2)25(16-19)38-24-11-10-23(32(34)35)17-26(24)39(36,37)31-14-12-30(13-15-31)27(33)29(3)22-8-6-21(18-28)7-9-22/h4-11,16-17H,12-15H2,1-3H3. The largest absolute Gasteiger partial charge is 0.324 e. The predicted molar refractivity (Wildman–Crippen MR) is 148 cm³/mol. The molecule has 0 radical (unpaired) electrons. The number of non-ortho nitro benzene ring substituents is 1. The van der Waals surface area contributed by atoms with E-state index in [1.165, 1.54) is 33.1 Å². The Bertz CT molecular complexity index is 1560. The first-order valence-electron chi connectivity index (χ1n) is 12.1. The smallest absolute Gasteiger partial charge is 0.322 e. The highest BCUT2D eigenvalue weighted by Crippen LogP contribution is 2.38. The zero-order valence-electron chi connectivity index (χ0n) is 21.7. The summed E-state index contributed by atoms with van der Waals surface area (Å²) in [7, 11) is -2.48. The minimum Gasteiger partial charge on any atom is -0.322 e. The van der Waals surface area contributed by atoms with E-state index < -0.39 is 14.9 Å². The predicted octanol–water partition coefficient (Wildman–Crippen LogP) is 4.80. The van der Waals surface area contributed by atoms with Gasteiger partial charge in [0.05, 0.1) is 16.6 Å². The van der Waals surface area contributed by atoms with Crippen LogP contribution >= 0.6 is 11.8 Å². The Balaban J connectivity index is 1.55. The van der Waals surface area contributed by atoms with Gasteiger partial charge in [-0.2, -0.15) is 9.57 Å². The van der Waals surface area contributed by atoms with Gasteiger partial charge >= 0.3 is 6.03 Å². The van der Waals surface area contributed by atoms with Crippen molar-refractivity contribution in [2.24, 2.45) is 0 Å². The zero-order chi connectivity index (χ0) is 28.3. The molecule has 0 aliphatic carbocycles. The van der Waals surface area contributed by atoms with Gasteiger partial charge in [-0.25, -0.2) is 13.2 Å². The lowest BCUT2D eigenvalue weighted by molar-refractivity contribution is -0.385. The number of amides is 2. The van der Waals surface area contributed by atoms with Crippen LogP contribution in [0.2, 0.25) is 0 Å². The summed E-state index contributed by atoms with van der Waals surface area (Å²) in [5.41, 5.74) is 2.76. The van der Waals surface area contributed by atoms with E-state index in [0.29, 0.717) is 16.1 Å². The molecule has 0 N–H and O–H groups in total. The molecule has 10 nitrogen and oxygen atoms in total. The average molecular weight is 566 g/mol. The fourth-order valence-electron chi connectivity index (χ4n) is 4.17. The van der Waals surface area contributed by atoms with E-state index in [0.717, 1.165) is 22.1 Å². The number of nitrogens with zero attached hydrogens (tertiary/aromatic N) is 5. The van der Waals surface area contributed by atoms with Crippen molar-refractivity contribution in [3.8, 4) is 6.07 Å². The van der Waals surface area contributed by atoms with E-state index in [1.54, 1.807) is 36.2 Å². The van der Waals surface area contributed by atoms with E-state index in [1.807, 2.05) is 38.1 Å². The molecule has 0 atom stereocenters. The van der Waals surface area contributed by atoms with Crippen LogP contribution in [0.1, 0.15) is 16.7 Å². The van der Waals surface area contributed by atoms with Gasteiger partial charge in [0.25, 0.3) is 5.69 Å². The van der Waals surface area contributed by atoms with E-state index in [4.69, 9.17) is 5.26 Å². The molecule has 3 aromatic carbocycles. The summed E-state index contributed by atoms with van der Waals surface area (Å²) in [6.45, 7) is 4.28. The first-order chi connectivity index (χ1) is 18.5. The number of hydrogen-bond acceptors (Lipinski definition) is 7. The number of rotatable bonds is 6. The Labute approximate surface area is 231 Å². The molecular formula is C27H27N5O5S2. The first-order valence-corrected chi connectivity index (χ1v) is 14.3. The summed E-state index contributed by atoms with van der Waals surface area (Å²) in [5, 5.41) is 20.5. The molecule has 0 aromatic heterocycles. The minimum atomic E-state index is -4.10. The SMILES string of the molecule is Cc1ccc(C)c(Sc2ccc([N+](=O)[O-])cc2S(=O)(=O)N2CCN(C(=O)N(C)c3ccc(C#N)cc3)CC2)c1. The summed E-state index contributed by atoms with van der Waals surface area (Å²) >= 11 is 1.26. The Morgan fingerprint density at radius 2 is 1.67 bits per heavy atom. The molecule has 1 fully saturated rings. The number of nitro groups is 1. The highest BCUT2D eigenvalue weighted by molar-refractivity contribution is 8.00. The van der Waals surface area contributed by atoms with Gasteiger partial charge in [0.1, 0.15) is 4.90 Å².